The summed E-state index contributed by atoms with van der Waals surface area (Å²) < 4.78 is 0. The Morgan fingerprint density at radius 1 is 1.29 bits per heavy atom. The SMILES string of the molecule is CN(CC(=O)N1CCNCC1)c1nccc2ccccc12. The predicted octanol–water partition coefficient (Wildman–Crippen LogP) is 1.10. The highest BCUT2D eigenvalue weighted by atomic mass is 16.2. The van der Waals surface area contributed by atoms with E-state index in [9.17, 15) is 4.79 Å². The summed E-state index contributed by atoms with van der Waals surface area (Å²) in [5.74, 6) is 1.02. The molecule has 2 heterocycles. The van der Waals surface area contributed by atoms with Gasteiger partial charge in [0.2, 0.25) is 5.91 Å². The lowest BCUT2D eigenvalue weighted by Crippen LogP contribution is -2.49. The molecule has 0 spiro atoms. The third kappa shape index (κ3) is 2.97. The van der Waals surface area contributed by atoms with Crippen LogP contribution in [-0.2, 0) is 4.79 Å². The number of carbonyl (C=O) groups is 1. The summed E-state index contributed by atoms with van der Waals surface area (Å²) in [6.45, 7) is 3.69. The number of likely N-dealkylation sites (N-methyl/N-ethyl adjacent to an activating group) is 1. The fraction of sp³-hybridized carbons (Fsp3) is 0.375. The Balaban J connectivity index is 1.77. The van der Waals surface area contributed by atoms with Gasteiger partial charge in [-0.3, -0.25) is 4.79 Å². The van der Waals surface area contributed by atoms with E-state index in [1.165, 1.54) is 0 Å². The topological polar surface area (TPSA) is 48.5 Å². The molecule has 1 N–H and O–H groups in total. The average molecular weight is 284 g/mol. The van der Waals surface area contributed by atoms with Crippen LogP contribution in [0.5, 0.6) is 0 Å². The fourth-order valence-electron chi connectivity index (χ4n) is 2.70. The third-order valence-electron chi connectivity index (χ3n) is 3.86. The van der Waals surface area contributed by atoms with Crippen LogP contribution in [0.2, 0.25) is 0 Å². The van der Waals surface area contributed by atoms with E-state index in [4.69, 9.17) is 0 Å². The van der Waals surface area contributed by atoms with E-state index < -0.39 is 0 Å². The predicted molar refractivity (Wildman–Crippen MR) is 84.5 cm³/mol. The van der Waals surface area contributed by atoms with Crippen LogP contribution in [-0.4, -0.2) is 55.6 Å². The lowest BCUT2D eigenvalue weighted by atomic mass is 10.1. The van der Waals surface area contributed by atoms with Gasteiger partial charge in [-0.2, -0.15) is 0 Å². The van der Waals surface area contributed by atoms with Crippen molar-refractivity contribution in [1.82, 2.24) is 15.2 Å². The van der Waals surface area contributed by atoms with Crippen molar-refractivity contribution in [3.05, 3.63) is 36.5 Å². The van der Waals surface area contributed by atoms with Gasteiger partial charge in [-0.15, -0.1) is 0 Å². The van der Waals surface area contributed by atoms with Gasteiger partial charge in [0, 0.05) is 44.8 Å². The van der Waals surface area contributed by atoms with E-state index in [1.54, 1.807) is 6.20 Å². The van der Waals surface area contributed by atoms with Crippen LogP contribution in [0.3, 0.4) is 0 Å². The molecule has 1 aliphatic heterocycles. The van der Waals surface area contributed by atoms with Crippen molar-refractivity contribution in [1.29, 1.82) is 0 Å². The molecule has 0 saturated carbocycles. The van der Waals surface area contributed by atoms with Crippen molar-refractivity contribution >= 4 is 22.5 Å². The monoisotopic (exact) mass is 284 g/mol. The molecule has 5 nitrogen and oxygen atoms in total. The molecule has 0 aliphatic carbocycles. The van der Waals surface area contributed by atoms with Gasteiger partial charge >= 0.3 is 0 Å². The number of carbonyl (C=O) groups excluding carboxylic acids is 1. The molecule has 0 bridgehead atoms. The second-order valence-corrected chi connectivity index (χ2v) is 5.34. The highest BCUT2D eigenvalue weighted by molar-refractivity contribution is 5.93. The number of hydrogen-bond acceptors (Lipinski definition) is 4. The molecule has 5 heteroatoms. The lowest BCUT2D eigenvalue weighted by Gasteiger charge is -2.29. The first-order chi connectivity index (χ1) is 10.3. The standard InChI is InChI=1S/C16H20N4O/c1-19(12-15(21)20-10-8-17-9-11-20)16-14-5-3-2-4-13(14)6-7-18-16/h2-7,17H,8-12H2,1H3. The van der Waals surface area contributed by atoms with Crippen LogP contribution in [0.15, 0.2) is 36.5 Å². The summed E-state index contributed by atoms with van der Waals surface area (Å²) in [7, 11) is 1.93. The second-order valence-electron chi connectivity index (χ2n) is 5.34. The Morgan fingerprint density at radius 2 is 2.05 bits per heavy atom. The number of anilines is 1. The second kappa shape index (κ2) is 6.10. The molecule has 0 atom stereocenters. The maximum Gasteiger partial charge on any atom is 0.242 e. The first-order valence-corrected chi connectivity index (χ1v) is 7.29. The number of amides is 1. The van der Waals surface area contributed by atoms with Crippen LogP contribution in [0.4, 0.5) is 5.82 Å². The maximum absolute atomic E-state index is 12.3. The van der Waals surface area contributed by atoms with Crippen LogP contribution in [0.1, 0.15) is 0 Å². The minimum Gasteiger partial charge on any atom is -0.350 e. The van der Waals surface area contributed by atoms with Gasteiger partial charge in [-0.1, -0.05) is 24.3 Å². The minimum atomic E-state index is 0.161. The van der Waals surface area contributed by atoms with E-state index >= 15 is 0 Å². The number of hydrogen-bond donors (Lipinski definition) is 1. The van der Waals surface area contributed by atoms with Gasteiger partial charge in [-0.25, -0.2) is 4.98 Å². The molecule has 1 fully saturated rings. The highest BCUT2D eigenvalue weighted by Crippen LogP contribution is 2.23. The van der Waals surface area contributed by atoms with E-state index in [2.05, 4.69) is 16.4 Å². The maximum atomic E-state index is 12.3. The number of nitrogens with zero attached hydrogens (tertiary/aromatic N) is 3. The summed E-state index contributed by atoms with van der Waals surface area (Å²) in [6, 6.07) is 10.1. The first-order valence-electron chi connectivity index (χ1n) is 7.29. The van der Waals surface area contributed by atoms with Crippen molar-refractivity contribution in [3.8, 4) is 0 Å². The van der Waals surface area contributed by atoms with E-state index in [1.807, 2.05) is 41.1 Å². The number of aromatic nitrogens is 1. The lowest BCUT2D eigenvalue weighted by molar-refractivity contribution is -0.130. The van der Waals surface area contributed by atoms with Crippen LogP contribution in [0, 0.1) is 0 Å². The van der Waals surface area contributed by atoms with Gasteiger partial charge in [0.25, 0.3) is 0 Å². The van der Waals surface area contributed by atoms with Crippen LogP contribution >= 0.6 is 0 Å². The van der Waals surface area contributed by atoms with Gasteiger partial charge in [0.15, 0.2) is 0 Å². The number of piperazine rings is 1. The smallest absolute Gasteiger partial charge is 0.242 e. The zero-order valence-electron chi connectivity index (χ0n) is 12.2. The fourth-order valence-corrected chi connectivity index (χ4v) is 2.70. The largest absolute Gasteiger partial charge is 0.350 e. The molecular formula is C16H20N4O. The number of pyridine rings is 1. The number of fused-ring (bicyclic) bond motifs is 1. The van der Waals surface area contributed by atoms with Crippen LogP contribution < -0.4 is 10.2 Å². The molecule has 0 unspecified atom stereocenters. The first kappa shape index (κ1) is 13.8. The summed E-state index contributed by atoms with van der Waals surface area (Å²) in [5, 5.41) is 5.48. The molecule has 1 aromatic carbocycles. The summed E-state index contributed by atoms with van der Waals surface area (Å²) in [5.41, 5.74) is 0. The molecule has 1 aromatic heterocycles. The molecule has 21 heavy (non-hydrogen) atoms. The summed E-state index contributed by atoms with van der Waals surface area (Å²) in [6.07, 6.45) is 1.80. The van der Waals surface area contributed by atoms with Crippen molar-refractivity contribution in [2.75, 3.05) is 44.7 Å². The Bertz CT molecular complexity index is 632. The number of nitrogens with one attached hydrogen (secondary N) is 1. The zero-order chi connectivity index (χ0) is 14.7. The van der Waals surface area contributed by atoms with Gasteiger partial charge in [-0.05, 0) is 11.5 Å². The molecule has 0 radical (unpaired) electrons. The number of benzene rings is 1. The molecule has 1 amide bonds. The molecule has 1 aliphatic rings. The van der Waals surface area contributed by atoms with E-state index in [0.29, 0.717) is 6.54 Å². The van der Waals surface area contributed by atoms with Crippen molar-refractivity contribution in [2.45, 2.75) is 0 Å². The normalized spacial score (nSPS) is 15.2. The van der Waals surface area contributed by atoms with Crippen molar-refractivity contribution < 1.29 is 4.79 Å². The zero-order valence-corrected chi connectivity index (χ0v) is 12.2. The Morgan fingerprint density at radius 3 is 2.86 bits per heavy atom. The van der Waals surface area contributed by atoms with Gasteiger partial charge < -0.3 is 15.1 Å². The molecule has 2 aromatic rings. The quantitative estimate of drug-likeness (QED) is 0.917. The molecular weight excluding hydrogens is 264 g/mol. The summed E-state index contributed by atoms with van der Waals surface area (Å²) in [4.78, 5) is 20.6. The molecule has 110 valence electrons. The molecule has 1 saturated heterocycles. The Hall–Kier alpha value is -2.14. The average Bonchev–Trinajstić information content (AvgIpc) is 2.55. The van der Waals surface area contributed by atoms with Crippen molar-refractivity contribution in [2.24, 2.45) is 0 Å². The van der Waals surface area contributed by atoms with Crippen molar-refractivity contribution in [3.63, 3.8) is 0 Å². The number of rotatable bonds is 3. The van der Waals surface area contributed by atoms with Gasteiger partial charge in [0.05, 0.1) is 6.54 Å². The van der Waals surface area contributed by atoms with Gasteiger partial charge in [0.1, 0.15) is 5.82 Å². The van der Waals surface area contributed by atoms with E-state index in [0.717, 1.165) is 42.8 Å². The van der Waals surface area contributed by atoms with Crippen LogP contribution in [0.25, 0.3) is 10.8 Å². The Kier molecular flexibility index (Phi) is 4.01. The third-order valence-corrected chi connectivity index (χ3v) is 3.86. The Labute approximate surface area is 124 Å². The van der Waals surface area contributed by atoms with E-state index in [-0.39, 0.29) is 5.91 Å². The summed E-state index contributed by atoms with van der Waals surface area (Å²) >= 11 is 0. The molecule has 3 rings (SSSR count). The minimum absolute atomic E-state index is 0.161. The highest BCUT2D eigenvalue weighted by Gasteiger charge is 2.18.